The Morgan fingerprint density at radius 3 is 3.00 bits per heavy atom. The molecule has 1 atom stereocenters. The van der Waals surface area contributed by atoms with Gasteiger partial charge in [-0.2, -0.15) is 0 Å². The molecule has 1 amide bonds. The van der Waals surface area contributed by atoms with E-state index in [9.17, 15) is 14.0 Å². The van der Waals surface area contributed by atoms with E-state index in [1.165, 1.54) is 18.4 Å². The molecule has 0 aliphatic carbocycles. The van der Waals surface area contributed by atoms with Crippen LogP contribution in [0.25, 0.3) is 0 Å². The molecular formula is C15H12FNO4. The Balaban J connectivity index is 1.69. The molecule has 1 aromatic heterocycles. The van der Waals surface area contributed by atoms with Crippen LogP contribution in [0, 0.1) is 5.82 Å². The third kappa shape index (κ3) is 2.79. The summed E-state index contributed by atoms with van der Waals surface area (Å²) in [4.78, 5) is 24.0. The number of furan rings is 1. The number of Topliss-reactive ketones (excluding diaryl/α,β-unsaturated/α-hetero) is 1. The molecule has 0 radical (unpaired) electrons. The number of ketones is 1. The Morgan fingerprint density at radius 1 is 1.38 bits per heavy atom. The third-order valence-corrected chi connectivity index (χ3v) is 3.19. The minimum atomic E-state index is -0.912. The highest BCUT2D eigenvalue weighted by atomic mass is 19.1. The SMILES string of the molecule is O=C1CC(C(=O)NCc2ccco2)Oc2ccc(F)cc21. The number of carbonyl (C=O) groups is 2. The second-order valence-corrected chi connectivity index (χ2v) is 4.67. The fourth-order valence-corrected chi connectivity index (χ4v) is 2.14. The topological polar surface area (TPSA) is 68.5 Å². The number of carbonyl (C=O) groups excluding carboxylic acids is 2. The summed E-state index contributed by atoms with van der Waals surface area (Å²) < 4.78 is 23.7. The number of nitrogens with one attached hydrogen (secondary N) is 1. The number of hydrogen-bond donors (Lipinski definition) is 1. The number of amides is 1. The summed E-state index contributed by atoms with van der Waals surface area (Å²) in [7, 11) is 0. The predicted octanol–water partition coefficient (Wildman–Crippen LogP) is 2.07. The minimum absolute atomic E-state index is 0.111. The first-order chi connectivity index (χ1) is 10.1. The lowest BCUT2D eigenvalue weighted by Gasteiger charge is -2.24. The van der Waals surface area contributed by atoms with E-state index in [0.29, 0.717) is 5.76 Å². The third-order valence-electron chi connectivity index (χ3n) is 3.19. The van der Waals surface area contributed by atoms with Crippen LogP contribution < -0.4 is 10.1 Å². The first kappa shape index (κ1) is 13.4. The van der Waals surface area contributed by atoms with Crippen LogP contribution in [0.4, 0.5) is 4.39 Å². The lowest BCUT2D eigenvalue weighted by Crippen LogP contribution is -2.41. The van der Waals surface area contributed by atoms with Gasteiger partial charge in [0.05, 0.1) is 24.8 Å². The lowest BCUT2D eigenvalue weighted by molar-refractivity contribution is -0.128. The molecule has 1 unspecified atom stereocenters. The minimum Gasteiger partial charge on any atom is -0.479 e. The van der Waals surface area contributed by atoms with Crippen molar-refractivity contribution < 1.29 is 23.1 Å². The van der Waals surface area contributed by atoms with Crippen LogP contribution in [-0.4, -0.2) is 17.8 Å². The molecule has 0 bridgehead atoms. The van der Waals surface area contributed by atoms with Gasteiger partial charge >= 0.3 is 0 Å². The van der Waals surface area contributed by atoms with Crippen LogP contribution in [0.15, 0.2) is 41.0 Å². The number of hydrogen-bond acceptors (Lipinski definition) is 4. The number of halogens is 1. The Bertz CT molecular complexity index is 681. The number of rotatable bonds is 3. The normalized spacial score (nSPS) is 17.0. The summed E-state index contributed by atoms with van der Waals surface area (Å²) in [5.74, 6) is -0.395. The summed E-state index contributed by atoms with van der Waals surface area (Å²) in [6.45, 7) is 0.218. The zero-order valence-electron chi connectivity index (χ0n) is 11.0. The van der Waals surface area contributed by atoms with Gasteiger partial charge in [0, 0.05) is 0 Å². The maximum atomic E-state index is 13.1. The van der Waals surface area contributed by atoms with Crippen molar-refractivity contribution in [3.05, 3.63) is 53.7 Å². The fraction of sp³-hybridized carbons (Fsp3) is 0.200. The number of benzene rings is 1. The van der Waals surface area contributed by atoms with Crippen molar-refractivity contribution >= 4 is 11.7 Å². The largest absolute Gasteiger partial charge is 0.479 e. The van der Waals surface area contributed by atoms with E-state index in [0.717, 1.165) is 6.07 Å². The highest BCUT2D eigenvalue weighted by molar-refractivity contribution is 6.03. The monoisotopic (exact) mass is 289 g/mol. The Morgan fingerprint density at radius 2 is 2.24 bits per heavy atom. The maximum Gasteiger partial charge on any atom is 0.261 e. The molecule has 108 valence electrons. The predicted molar refractivity (Wildman–Crippen MR) is 70.3 cm³/mol. The molecule has 2 aromatic rings. The molecule has 6 heteroatoms. The van der Waals surface area contributed by atoms with Crippen molar-refractivity contribution in [2.45, 2.75) is 19.1 Å². The molecule has 1 aliphatic rings. The smallest absolute Gasteiger partial charge is 0.261 e. The van der Waals surface area contributed by atoms with E-state index in [4.69, 9.17) is 9.15 Å². The van der Waals surface area contributed by atoms with E-state index in [1.807, 2.05) is 0 Å². The molecule has 21 heavy (non-hydrogen) atoms. The summed E-state index contributed by atoms with van der Waals surface area (Å²) in [6, 6.07) is 7.11. The van der Waals surface area contributed by atoms with Gasteiger partial charge in [-0.05, 0) is 30.3 Å². The van der Waals surface area contributed by atoms with Gasteiger partial charge in [-0.1, -0.05) is 0 Å². The molecule has 5 nitrogen and oxygen atoms in total. The zero-order valence-corrected chi connectivity index (χ0v) is 11.0. The van der Waals surface area contributed by atoms with E-state index < -0.39 is 17.8 Å². The summed E-state index contributed by atoms with van der Waals surface area (Å²) in [6.07, 6.45) is 0.485. The average Bonchev–Trinajstić information content (AvgIpc) is 2.98. The average molecular weight is 289 g/mol. The maximum absolute atomic E-state index is 13.1. The first-order valence-corrected chi connectivity index (χ1v) is 6.43. The molecule has 1 N–H and O–H groups in total. The zero-order chi connectivity index (χ0) is 14.8. The molecule has 1 aromatic carbocycles. The lowest BCUT2D eigenvalue weighted by atomic mass is 10.00. The van der Waals surface area contributed by atoms with Crippen molar-refractivity contribution in [3.8, 4) is 5.75 Å². The van der Waals surface area contributed by atoms with Gasteiger partial charge in [0.15, 0.2) is 11.9 Å². The highest BCUT2D eigenvalue weighted by Crippen LogP contribution is 2.28. The van der Waals surface area contributed by atoms with Crippen molar-refractivity contribution in [2.24, 2.45) is 0 Å². The molecule has 0 fully saturated rings. The van der Waals surface area contributed by atoms with E-state index in [2.05, 4.69) is 5.32 Å². The van der Waals surface area contributed by atoms with Crippen molar-refractivity contribution in [1.82, 2.24) is 5.32 Å². The second kappa shape index (κ2) is 5.40. The molecule has 3 rings (SSSR count). The molecule has 0 spiro atoms. The van der Waals surface area contributed by atoms with Crippen LogP contribution >= 0.6 is 0 Å². The first-order valence-electron chi connectivity index (χ1n) is 6.43. The fourth-order valence-electron chi connectivity index (χ4n) is 2.14. The van der Waals surface area contributed by atoms with Gasteiger partial charge in [-0.3, -0.25) is 9.59 Å². The van der Waals surface area contributed by atoms with Crippen LogP contribution in [0.3, 0.4) is 0 Å². The van der Waals surface area contributed by atoms with Crippen LogP contribution in [-0.2, 0) is 11.3 Å². The molecule has 2 heterocycles. The number of fused-ring (bicyclic) bond motifs is 1. The van der Waals surface area contributed by atoms with Crippen molar-refractivity contribution in [2.75, 3.05) is 0 Å². The standard InChI is InChI=1S/C15H12FNO4/c16-9-3-4-13-11(6-9)12(18)7-14(21-13)15(19)17-8-10-2-1-5-20-10/h1-6,14H,7-8H2,(H,17,19). The molecule has 0 saturated heterocycles. The summed E-state index contributed by atoms with van der Waals surface area (Å²) >= 11 is 0. The van der Waals surface area contributed by atoms with Crippen molar-refractivity contribution in [1.29, 1.82) is 0 Å². The van der Waals surface area contributed by atoms with Gasteiger partial charge in [0.1, 0.15) is 17.3 Å². The molecule has 1 aliphatic heterocycles. The summed E-state index contributed by atoms with van der Waals surface area (Å²) in [5, 5.41) is 2.63. The molecule has 0 saturated carbocycles. The van der Waals surface area contributed by atoms with Gasteiger partial charge in [-0.15, -0.1) is 0 Å². The Hall–Kier alpha value is -2.63. The van der Waals surface area contributed by atoms with Gasteiger partial charge in [0.25, 0.3) is 5.91 Å². The Labute approximate surface area is 119 Å². The number of ether oxygens (including phenoxy) is 1. The van der Waals surface area contributed by atoms with Gasteiger partial charge < -0.3 is 14.5 Å². The molecular weight excluding hydrogens is 277 g/mol. The van der Waals surface area contributed by atoms with Crippen molar-refractivity contribution in [3.63, 3.8) is 0 Å². The van der Waals surface area contributed by atoms with Gasteiger partial charge in [-0.25, -0.2) is 4.39 Å². The second-order valence-electron chi connectivity index (χ2n) is 4.67. The van der Waals surface area contributed by atoms with Crippen LogP contribution in [0.1, 0.15) is 22.5 Å². The van der Waals surface area contributed by atoms with E-state index in [-0.39, 0.29) is 30.1 Å². The van der Waals surface area contributed by atoms with E-state index >= 15 is 0 Å². The van der Waals surface area contributed by atoms with Crippen LogP contribution in [0.2, 0.25) is 0 Å². The van der Waals surface area contributed by atoms with Gasteiger partial charge in [0.2, 0.25) is 0 Å². The van der Waals surface area contributed by atoms with Crippen LogP contribution in [0.5, 0.6) is 5.75 Å². The quantitative estimate of drug-likeness (QED) is 0.939. The van der Waals surface area contributed by atoms with E-state index in [1.54, 1.807) is 12.1 Å². The summed E-state index contributed by atoms with van der Waals surface area (Å²) in [5.41, 5.74) is 0.171. The highest BCUT2D eigenvalue weighted by Gasteiger charge is 2.31. The Kier molecular flexibility index (Phi) is 3.43.